The molecule has 1 aliphatic heterocycles. The van der Waals surface area contributed by atoms with Gasteiger partial charge >= 0.3 is 12.2 Å². The van der Waals surface area contributed by atoms with Gasteiger partial charge in [0.15, 0.2) is 0 Å². The second-order valence-electron chi connectivity index (χ2n) is 8.37. The van der Waals surface area contributed by atoms with Gasteiger partial charge in [0.25, 0.3) is 0 Å². The minimum Gasteiger partial charge on any atom is -0.334 e. The van der Waals surface area contributed by atoms with Crippen LogP contribution in [0.4, 0.5) is 18.0 Å². The van der Waals surface area contributed by atoms with E-state index in [0.29, 0.717) is 11.3 Å². The normalized spacial score (nSPS) is 20.7. The molecule has 174 valence electrons. The number of aliphatic imine (C=N–C) groups is 1. The van der Waals surface area contributed by atoms with Crippen molar-refractivity contribution in [2.24, 2.45) is 10.1 Å². The molecule has 33 heavy (non-hydrogen) atoms. The Morgan fingerprint density at radius 1 is 1.18 bits per heavy atom. The molecule has 2 amide bonds. The van der Waals surface area contributed by atoms with Crippen LogP contribution in [-0.2, 0) is 5.41 Å². The van der Waals surface area contributed by atoms with Crippen molar-refractivity contribution in [3.63, 3.8) is 0 Å². The number of rotatable bonds is 5. The van der Waals surface area contributed by atoms with Gasteiger partial charge in [0.2, 0.25) is 0 Å². The molecule has 1 heterocycles. The van der Waals surface area contributed by atoms with E-state index < -0.39 is 18.1 Å². The largest absolute Gasteiger partial charge is 0.400 e. The lowest BCUT2D eigenvalue weighted by molar-refractivity contribution is -0.183. The lowest BCUT2D eigenvalue weighted by atomic mass is 9.76. The fraction of sp³-hybridized carbons (Fsp3) is 0.348. The van der Waals surface area contributed by atoms with E-state index in [2.05, 4.69) is 20.8 Å². The number of benzene rings is 2. The first-order valence-electron chi connectivity index (χ1n) is 10.3. The molecule has 10 heteroatoms. The lowest BCUT2D eigenvalue weighted by Crippen LogP contribution is -2.43. The van der Waals surface area contributed by atoms with Crippen molar-refractivity contribution in [2.75, 3.05) is 6.54 Å². The Morgan fingerprint density at radius 3 is 2.48 bits per heavy atom. The van der Waals surface area contributed by atoms with Crippen molar-refractivity contribution >= 4 is 41.2 Å². The zero-order valence-corrected chi connectivity index (χ0v) is 19.2. The van der Waals surface area contributed by atoms with Crippen LogP contribution in [0.25, 0.3) is 0 Å². The van der Waals surface area contributed by atoms with E-state index in [-0.39, 0.29) is 34.1 Å². The van der Waals surface area contributed by atoms with E-state index >= 15 is 0 Å². The summed E-state index contributed by atoms with van der Waals surface area (Å²) in [6.07, 6.45) is -1.41. The van der Waals surface area contributed by atoms with Crippen LogP contribution in [0.15, 0.2) is 46.5 Å². The highest BCUT2D eigenvalue weighted by molar-refractivity contribution is 6.34. The van der Waals surface area contributed by atoms with Gasteiger partial charge in [-0.05, 0) is 66.3 Å². The van der Waals surface area contributed by atoms with E-state index in [1.165, 1.54) is 24.4 Å². The molecule has 0 radical (unpaired) electrons. The molecule has 0 spiro atoms. The highest BCUT2D eigenvalue weighted by Gasteiger charge is 2.58. The van der Waals surface area contributed by atoms with Crippen molar-refractivity contribution in [3.8, 4) is 0 Å². The van der Waals surface area contributed by atoms with Gasteiger partial charge in [-0.2, -0.15) is 18.3 Å². The maximum atomic E-state index is 14.3. The summed E-state index contributed by atoms with van der Waals surface area (Å²) < 4.78 is 42.8. The Morgan fingerprint density at radius 2 is 1.88 bits per heavy atom. The number of amides is 2. The van der Waals surface area contributed by atoms with Crippen molar-refractivity contribution in [3.05, 3.63) is 68.7 Å². The number of urea groups is 1. The molecule has 2 aliphatic rings. The monoisotopic (exact) mass is 496 g/mol. The number of nitrogens with zero attached hydrogens (tertiary/aromatic N) is 2. The smallest absolute Gasteiger partial charge is 0.334 e. The minimum atomic E-state index is -4.54. The number of hydrazone groups is 1. The Bertz CT molecular complexity index is 1120. The molecule has 1 fully saturated rings. The maximum Gasteiger partial charge on any atom is 0.400 e. The number of nitrogens with one attached hydrogen (secondary N) is 2. The highest BCUT2D eigenvalue weighted by atomic mass is 35.5. The van der Waals surface area contributed by atoms with Gasteiger partial charge in [-0.3, -0.25) is 4.99 Å². The van der Waals surface area contributed by atoms with E-state index in [4.69, 9.17) is 23.2 Å². The molecule has 2 aromatic rings. The molecule has 1 aliphatic carbocycles. The van der Waals surface area contributed by atoms with Crippen LogP contribution in [0.1, 0.15) is 41.5 Å². The summed E-state index contributed by atoms with van der Waals surface area (Å²) in [6, 6.07) is 9.07. The second-order valence-corrected chi connectivity index (χ2v) is 9.24. The zero-order chi connectivity index (χ0) is 23.8. The lowest BCUT2D eigenvalue weighted by Gasteiger charge is -2.31. The minimum absolute atomic E-state index is 0.00211. The number of halogens is 5. The second kappa shape index (κ2) is 8.99. The fourth-order valence-corrected chi connectivity index (χ4v) is 4.33. The van der Waals surface area contributed by atoms with Crippen LogP contribution >= 0.6 is 23.2 Å². The topological polar surface area (TPSA) is 65.8 Å². The summed E-state index contributed by atoms with van der Waals surface area (Å²) in [6.45, 7) is 1.38. The summed E-state index contributed by atoms with van der Waals surface area (Å²) >= 11 is 12.0. The molecule has 2 aromatic carbocycles. The van der Waals surface area contributed by atoms with Crippen LogP contribution in [0.2, 0.25) is 10.0 Å². The predicted octanol–water partition coefficient (Wildman–Crippen LogP) is 5.79. The van der Waals surface area contributed by atoms with E-state index in [1.807, 2.05) is 6.92 Å². The van der Waals surface area contributed by atoms with Gasteiger partial charge in [0.1, 0.15) is 5.41 Å². The average Bonchev–Trinajstić information content (AvgIpc) is 3.40. The van der Waals surface area contributed by atoms with E-state index in [1.54, 1.807) is 18.2 Å². The number of hydrogen-bond donors (Lipinski definition) is 2. The van der Waals surface area contributed by atoms with Gasteiger partial charge in [0, 0.05) is 28.2 Å². The van der Waals surface area contributed by atoms with Gasteiger partial charge < -0.3 is 5.32 Å². The van der Waals surface area contributed by atoms with Crippen LogP contribution in [0, 0.1) is 6.92 Å². The molecule has 1 atom stereocenters. The van der Waals surface area contributed by atoms with Crippen LogP contribution in [0.3, 0.4) is 0 Å². The Kier molecular flexibility index (Phi) is 6.42. The number of carbonyl (C=O) groups is 1. The SMILES string of the molecule is Cc1cc(C2=NCC(c3cc(Cl)cc(Cl)c3)(C(F)(F)F)C2)ccc1/C=N/NC(=O)NC1CC1. The molecule has 1 saturated carbocycles. The molecule has 0 aromatic heterocycles. The van der Waals surface area contributed by atoms with Gasteiger partial charge in [-0.15, -0.1) is 0 Å². The van der Waals surface area contributed by atoms with E-state index in [0.717, 1.165) is 24.0 Å². The van der Waals surface area contributed by atoms with Crippen molar-refractivity contribution in [2.45, 2.75) is 43.8 Å². The first kappa shape index (κ1) is 23.6. The van der Waals surface area contributed by atoms with Crippen LogP contribution in [0.5, 0.6) is 0 Å². The van der Waals surface area contributed by atoms with Gasteiger partial charge in [-0.1, -0.05) is 35.3 Å². The molecular formula is C23H21Cl2F3N4O. The maximum absolute atomic E-state index is 14.3. The van der Waals surface area contributed by atoms with E-state index in [9.17, 15) is 18.0 Å². The molecule has 0 saturated heterocycles. The van der Waals surface area contributed by atoms with Crippen molar-refractivity contribution < 1.29 is 18.0 Å². The summed E-state index contributed by atoms with van der Waals surface area (Å²) in [5.74, 6) is 0. The highest BCUT2D eigenvalue weighted by Crippen LogP contribution is 2.48. The average molecular weight is 497 g/mol. The molecule has 0 bridgehead atoms. The number of alkyl halides is 3. The Balaban J connectivity index is 1.52. The summed E-state index contributed by atoms with van der Waals surface area (Å²) in [4.78, 5) is 15.9. The van der Waals surface area contributed by atoms with Crippen molar-refractivity contribution in [1.82, 2.24) is 10.7 Å². The first-order chi connectivity index (χ1) is 15.6. The van der Waals surface area contributed by atoms with Crippen LogP contribution < -0.4 is 10.7 Å². The Labute approximate surface area is 199 Å². The Hall–Kier alpha value is -2.58. The standard InChI is InChI=1S/C23H21Cl2F3N4O/c1-13-6-14(2-3-15(13)11-30-32-21(33)31-19-4-5-19)20-10-22(12-29-20,23(26,27)28)16-7-17(24)9-18(25)8-16/h2-3,6-9,11,19H,4-5,10,12H2,1H3,(H2,31,32,33)/b30-11+. The summed E-state index contributed by atoms with van der Waals surface area (Å²) in [7, 11) is 0. The third kappa shape index (κ3) is 5.17. The predicted molar refractivity (Wildman–Crippen MR) is 124 cm³/mol. The first-order valence-corrected chi connectivity index (χ1v) is 11.1. The fourth-order valence-electron chi connectivity index (χ4n) is 3.80. The molecule has 1 unspecified atom stereocenters. The van der Waals surface area contributed by atoms with Gasteiger partial charge in [0.05, 0.1) is 12.8 Å². The van der Waals surface area contributed by atoms with Gasteiger partial charge in [-0.25, -0.2) is 10.2 Å². The van der Waals surface area contributed by atoms with Crippen molar-refractivity contribution in [1.29, 1.82) is 0 Å². The number of carbonyl (C=O) groups excluding carboxylic acids is 1. The summed E-state index contributed by atoms with van der Waals surface area (Å²) in [5, 5.41) is 6.98. The molecule has 2 N–H and O–H groups in total. The number of aryl methyl sites for hydroxylation is 1. The number of hydrogen-bond acceptors (Lipinski definition) is 3. The quantitative estimate of drug-likeness (QED) is 0.399. The molecular weight excluding hydrogens is 476 g/mol. The summed E-state index contributed by atoms with van der Waals surface area (Å²) in [5.41, 5.74) is 2.69. The molecule has 5 nitrogen and oxygen atoms in total. The third-order valence-corrected chi connectivity index (χ3v) is 6.29. The molecule has 4 rings (SSSR count). The zero-order valence-electron chi connectivity index (χ0n) is 17.6. The van der Waals surface area contributed by atoms with Crippen LogP contribution in [-0.4, -0.2) is 36.7 Å². The third-order valence-electron chi connectivity index (χ3n) is 5.85.